The molecule has 6 rings (SSSR count). The van der Waals surface area contributed by atoms with Gasteiger partial charge in [0.1, 0.15) is 0 Å². The third-order valence-electron chi connectivity index (χ3n) is 7.55. The van der Waals surface area contributed by atoms with Crippen LogP contribution in [0.3, 0.4) is 0 Å². The Labute approximate surface area is 243 Å². The van der Waals surface area contributed by atoms with E-state index in [1.807, 2.05) is 12.3 Å². The summed E-state index contributed by atoms with van der Waals surface area (Å²) in [6.45, 7) is 7.60. The quantitative estimate of drug-likeness (QED) is 0.216. The summed E-state index contributed by atoms with van der Waals surface area (Å²) in [5.41, 5.74) is 10.3. The smallest absolute Gasteiger partial charge is 0.0938 e. The van der Waals surface area contributed by atoms with Crippen LogP contribution < -0.4 is 9.80 Å². The second-order valence-corrected chi connectivity index (χ2v) is 11.7. The third-order valence-corrected chi connectivity index (χ3v) is 7.55. The van der Waals surface area contributed by atoms with Crippen LogP contribution in [0.5, 0.6) is 0 Å². The van der Waals surface area contributed by atoms with Crippen LogP contribution in [0.25, 0.3) is 22.4 Å². The number of aromatic nitrogens is 1. The van der Waals surface area contributed by atoms with Gasteiger partial charge in [-0.3, -0.25) is 4.98 Å². The van der Waals surface area contributed by atoms with Crippen LogP contribution >= 0.6 is 0 Å². The summed E-state index contributed by atoms with van der Waals surface area (Å²) < 4.78 is 0. The number of pyridine rings is 1. The first kappa shape index (κ1) is 26.4. The molecule has 0 aliphatic carbocycles. The second-order valence-electron chi connectivity index (χ2n) is 11.7. The lowest BCUT2D eigenvalue weighted by Gasteiger charge is -2.28. The molecule has 1 aliphatic heterocycles. The van der Waals surface area contributed by atoms with E-state index in [0.29, 0.717) is 0 Å². The maximum absolute atomic E-state index is 4.76. The van der Waals surface area contributed by atoms with Crippen molar-refractivity contribution in [2.24, 2.45) is 0 Å². The van der Waals surface area contributed by atoms with E-state index in [2.05, 4.69) is 164 Å². The zero-order chi connectivity index (χ0) is 28.4. The van der Waals surface area contributed by atoms with Crippen molar-refractivity contribution >= 4 is 22.7 Å². The van der Waals surface area contributed by atoms with Crippen LogP contribution in [-0.2, 0) is 5.41 Å². The van der Waals surface area contributed by atoms with Crippen LogP contribution in [0.1, 0.15) is 26.3 Å². The van der Waals surface area contributed by atoms with Gasteiger partial charge in [-0.25, -0.2) is 0 Å². The highest BCUT2D eigenvalue weighted by atomic mass is 15.3. The lowest BCUT2D eigenvalue weighted by atomic mass is 9.87. The number of rotatable bonds is 6. The van der Waals surface area contributed by atoms with Gasteiger partial charge in [0.05, 0.1) is 12.4 Å². The lowest BCUT2D eigenvalue weighted by molar-refractivity contribution is 0.496. The second kappa shape index (κ2) is 11.0. The van der Waals surface area contributed by atoms with E-state index in [0.717, 1.165) is 46.2 Å². The Bertz CT molecular complexity index is 1670. The maximum Gasteiger partial charge on any atom is 0.0938 e. The highest BCUT2D eigenvalue weighted by Crippen LogP contribution is 2.39. The average Bonchev–Trinajstić information content (AvgIpc) is 3.44. The van der Waals surface area contributed by atoms with E-state index in [1.54, 1.807) is 0 Å². The van der Waals surface area contributed by atoms with Crippen molar-refractivity contribution in [3.8, 4) is 22.4 Å². The van der Waals surface area contributed by atoms with Gasteiger partial charge < -0.3 is 14.7 Å². The fourth-order valence-corrected chi connectivity index (χ4v) is 5.27. The van der Waals surface area contributed by atoms with Crippen molar-refractivity contribution in [1.29, 1.82) is 0 Å². The summed E-state index contributed by atoms with van der Waals surface area (Å²) in [6.07, 6.45) is 6.14. The molecular weight excluding hydrogens is 500 g/mol. The van der Waals surface area contributed by atoms with Gasteiger partial charge in [-0.2, -0.15) is 0 Å². The minimum absolute atomic E-state index is 0.0900. The molecule has 1 aliphatic rings. The molecule has 204 valence electrons. The average molecular weight is 537 g/mol. The summed E-state index contributed by atoms with van der Waals surface area (Å²) >= 11 is 0. The molecule has 0 N–H and O–H groups in total. The largest absolute Gasteiger partial charge is 0.361 e. The topological polar surface area (TPSA) is 22.6 Å². The molecular formula is C37H36N4. The fourth-order valence-electron chi connectivity index (χ4n) is 5.27. The van der Waals surface area contributed by atoms with E-state index in [9.17, 15) is 0 Å². The van der Waals surface area contributed by atoms with Crippen LogP contribution in [0.4, 0.5) is 22.7 Å². The standard InChI is InChI=1S/C37H36N4/c1-37(2,3)31-16-18-32(19-17-31)41(35-15-9-13-33(26-35)40-23-22-39(4)27-40)34-14-8-12-30(24-34)36-25-29(20-21-38-36)28-10-6-5-7-11-28/h5-26H,27H2,1-4H3. The molecule has 0 spiro atoms. The zero-order valence-electron chi connectivity index (χ0n) is 24.2. The summed E-state index contributed by atoms with van der Waals surface area (Å²) in [4.78, 5) is 11.5. The molecule has 41 heavy (non-hydrogen) atoms. The predicted molar refractivity (Wildman–Crippen MR) is 173 cm³/mol. The minimum atomic E-state index is 0.0900. The summed E-state index contributed by atoms with van der Waals surface area (Å²) in [6, 6.07) is 41.1. The molecule has 0 unspecified atom stereocenters. The first-order valence-electron chi connectivity index (χ1n) is 14.1. The van der Waals surface area contributed by atoms with Crippen LogP contribution in [0, 0.1) is 0 Å². The van der Waals surface area contributed by atoms with Crippen molar-refractivity contribution in [1.82, 2.24) is 9.88 Å². The van der Waals surface area contributed by atoms with E-state index in [-0.39, 0.29) is 5.41 Å². The number of hydrogen-bond donors (Lipinski definition) is 0. The molecule has 0 radical (unpaired) electrons. The first-order chi connectivity index (χ1) is 19.8. The number of anilines is 4. The Morgan fingerprint density at radius 2 is 1.34 bits per heavy atom. The Morgan fingerprint density at radius 3 is 2.05 bits per heavy atom. The summed E-state index contributed by atoms with van der Waals surface area (Å²) in [5, 5.41) is 0. The monoisotopic (exact) mass is 536 g/mol. The van der Waals surface area contributed by atoms with E-state index < -0.39 is 0 Å². The van der Waals surface area contributed by atoms with Crippen LogP contribution in [0.15, 0.2) is 134 Å². The van der Waals surface area contributed by atoms with Gasteiger partial charge in [-0.1, -0.05) is 81.4 Å². The van der Waals surface area contributed by atoms with Crippen molar-refractivity contribution in [3.63, 3.8) is 0 Å². The molecule has 0 saturated carbocycles. The van der Waals surface area contributed by atoms with Gasteiger partial charge in [0.25, 0.3) is 0 Å². The van der Waals surface area contributed by atoms with Gasteiger partial charge >= 0.3 is 0 Å². The summed E-state index contributed by atoms with van der Waals surface area (Å²) in [7, 11) is 2.09. The van der Waals surface area contributed by atoms with Crippen molar-refractivity contribution < 1.29 is 0 Å². The molecule has 2 heterocycles. The predicted octanol–water partition coefficient (Wildman–Crippen LogP) is 9.36. The zero-order valence-corrected chi connectivity index (χ0v) is 24.2. The van der Waals surface area contributed by atoms with Gasteiger partial charge in [-0.05, 0) is 76.7 Å². The Balaban J connectivity index is 1.43. The maximum atomic E-state index is 4.76. The van der Waals surface area contributed by atoms with E-state index in [4.69, 9.17) is 4.98 Å². The number of benzene rings is 4. The number of nitrogens with zero attached hydrogens (tertiary/aromatic N) is 4. The first-order valence-corrected chi connectivity index (χ1v) is 14.1. The van der Waals surface area contributed by atoms with Gasteiger partial charge in [0.2, 0.25) is 0 Å². The molecule has 5 aromatic rings. The minimum Gasteiger partial charge on any atom is -0.361 e. The molecule has 4 heteroatoms. The normalized spacial score (nSPS) is 13.1. The van der Waals surface area contributed by atoms with Gasteiger partial charge in [0.15, 0.2) is 0 Å². The van der Waals surface area contributed by atoms with Gasteiger partial charge in [-0.15, -0.1) is 0 Å². The Morgan fingerprint density at radius 1 is 0.634 bits per heavy atom. The van der Waals surface area contributed by atoms with Crippen LogP contribution in [0.2, 0.25) is 0 Å². The molecule has 4 nitrogen and oxygen atoms in total. The van der Waals surface area contributed by atoms with Crippen molar-refractivity contribution in [3.05, 3.63) is 139 Å². The highest BCUT2D eigenvalue weighted by Gasteiger charge is 2.19. The summed E-state index contributed by atoms with van der Waals surface area (Å²) in [5.74, 6) is 0. The fraction of sp³-hybridized carbons (Fsp3) is 0.162. The number of hydrogen-bond acceptors (Lipinski definition) is 4. The molecule has 0 atom stereocenters. The molecule has 1 aromatic heterocycles. The van der Waals surface area contributed by atoms with E-state index in [1.165, 1.54) is 11.1 Å². The molecule has 0 bridgehead atoms. The Kier molecular flexibility index (Phi) is 7.07. The molecule has 0 fully saturated rings. The highest BCUT2D eigenvalue weighted by molar-refractivity contribution is 5.81. The Hall–Kier alpha value is -4.83. The lowest BCUT2D eigenvalue weighted by Crippen LogP contribution is -2.21. The third kappa shape index (κ3) is 5.73. The van der Waals surface area contributed by atoms with Crippen molar-refractivity contribution in [2.45, 2.75) is 26.2 Å². The van der Waals surface area contributed by atoms with Crippen molar-refractivity contribution in [2.75, 3.05) is 23.5 Å². The van der Waals surface area contributed by atoms with E-state index >= 15 is 0 Å². The SMILES string of the molecule is CN1C=CN(c2cccc(N(c3ccc(C(C)(C)C)cc3)c3cccc(-c4cc(-c5ccccc5)ccn4)c3)c2)C1. The van der Waals surface area contributed by atoms with Gasteiger partial charge in [0, 0.05) is 54.0 Å². The molecule has 0 saturated heterocycles. The molecule has 0 amide bonds. The molecule has 4 aromatic carbocycles. The van der Waals surface area contributed by atoms with Crippen LogP contribution in [-0.4, -0.2) is 23.6 Å².